The fraction of sp³-hybridized carbons (Fsp3) is 0.500. The van der Waals surface area contributed by atoms with Crippen molar-refractivity contribution in [2.45, 2.75) is 33.2 Å². The molecule has 5 heteroatoms. The van der Waals surface area contributed by atoms with Gasteiger partial charge in [0.1, 0.15) is 11.6 Å². The van der Waals surface area contributed by atoms with Gasteiger partial charge in [-0.05, 0) is 30.9 Å². The molecule has 0 aliphatic heterocycles. The Labute approximate surface area is 117 Å². The van der Waals surface area contributed by atoms with E-state index in [4.69, 9.17) is 11.6 Å². The maximum absolute atomic E-state index is 13.6. The Morgan fingerprint density at radius 3 is 2.47 bits per heavy atom. The Morgan fingerprint density at radius 1 is 1.32 bits per heavy atom. The van der Waals surface area contributed by atoms with Gasteiger partial charge in [0.25, 0.3) is 5.91 Å². The van der Waals surface area contributed by atoms with Gasteiger partial charge in [0.15, 0.2) is 0 Å². The summed E-state index contributed by atoms with van der Waals surface area (Å²) in [4.78, 5) is 12.0. The van der Waals surface area contributed by atoms with E-state index in [0.29, 0.717) is 12.3 Å². The summed E-state index contributed by atoms with van der Waals surface area (Å²) >= 11 is 5.67. The first kappa shape index (κ1) is 15.9. The fourth-order valence-corrected chi connectivity index (χ4v) is 2.00. The summed E-state index contributed by atoms with van der Waals surface area (Å²) in [7, 11) is 0. The highest BCUT2D eigenvalue weighted by molar-refractivity contribution is 6.17. The van der Waals surface area contributed by atoms with Gasteiger partial charge < -0.3 is 5.32 Å². The second-order valence-electron chi connectivity index (χ2n) is 4.88. The van der Waals surface area contributed by atoms with Crippen LogP contribution in [0, 0.1) is 24.5 Å². The van der Waals surface area contributed by atoms with Crippen molar-refractivity contribution in [1.82, 2.24) is 5.32 Å². The number of benzene rings is 1. The first-order valence-corrected chi connectivity index (χ1v) is 6.72. The van der Waals surface area contributed by atoms with E-state index in [1.54, 1.807) is 0 Å². The SMILES string of the molecule is Cc1cc(C(=O)NC(CCCl)C(C)C)c(F)cc1F. The molecule has 0 aliphatic carbocycles. The average Bonchev–Trinajstić information content (AvgIpc) is 2.32. The molecule has 0 saturated carbocycles. The van der Waals surface area contributed by atoms with Crippen LogP contribution in [0.4, 0.5) is 8.78 Å². The third-order valence-electron chi connectivity index (χ3n) is 3.03. The van der Waals surface area contributed by atoms with Gasteiger partial charge >= 0.3 is 0 Å². The van der Waals surface area contributed by atoms with Crippen molar-refractivity contribution in [2.24, 2.45) is 5.92 Å². The number of carbonyl (C=O) groups excluding carboxylic acids is 1. The molecule has 106 valence electrons. The number of hydrogen-bond donors (Lipinski definition) is 1. The van der Waals surface area contributed by atoms with Crippen LogP contribution in [0.15, 0.2) is 12.1 Å². The Balaban J connectivity index is 2.91. The number of nitrogens with one attached hydrogen (secondary N) is 1. The van der Waals surface area contributed by atoms with Crippen molar-refractivity contribution < 1.29 is 13.6 Å². The maximum Gasteiger partial charge on any atom is 0.254 e. The molecule has 0 aromatic heterocycles. The van der Waals surface area contributed by atoms with Crippen LogP contribution in [0.1, 0.15) is 36.2 Å². The summed E-state index contributed by atoms with van der Waals surface area (Å²) in [6.07, 6.45) is 0.604. The van der Waals surface area contributed by atoms with E-state index in [-0.39, 0.29) is 23.1 Å². The van der Waals surface area contributed by atoms with Crippen molar-refractivity contribution >= 4 is 17.5 Å². The molecule has 1 N–H and O–H groups in total. The zero-order chi connectivity index (χ0) is 14.6. The summed E-state index contributed by atoms with van der Waals surface area (Å²) in [5, 5.41) is 2.74. The third-order valence-corrected chi connectivity index (χ3v) is 3.25. The topological polar surface area (TPSA) is 29.1 Å². The van der Waals surface area contributed by atoms with Crippen LogP contribution in [0.2, 0.25) is 0 Å². The normalized spacial score (nSPS) is 12.6. The number of halogens is 3. The predicted molar refractivity (Wildman–Crippen MR) is 72.5 cm³/mol. The molecule has 0 aliphatic rings. The highest BCUT2D eigenvalue weighted by Gasteiger charge is 2.20. The van der Waals surface area contributed by atoms with Gasteiger partial charge in [0.05, 0.1) is 5.56 Å². The lowest BCUT2D eigenvalue weighted by Crippen LogP contribution is -2.39. The summed E-state index contributed by atoms with van der Waals surface area (Å²) in [6, 6.07) is 1.82. The van der Waals surface area contributed by atoms with E-state index < -0.39 is 17.5 Å². The molecule has 2 nitrogen and oxygen atoms in total. The lowest BCUT2D eigenvalue weighted by atomic mass is 10.0. The quantitative estimate of drug-likeness (QED) is 0.824. The van der Waals surface area contributed by atoms with E-state index in [0.717, 1.165) is 6.07 Å². The minimum absolute atomic E-state index is 0.130. The van der Waals surface area contributed by atoms with Gasteiger partial charge in [-0.3, -0.25) is 4.79 Å². The molecule has 19 heavy (non-hydrogen) atoms. The first-order chi connectivity index (χ1) is 8.86. The molecule has 0 spiro atoms. The van der Waals surface area contributed by atoms with Gasteiger partial charge in [0.2, 0.25) is 0 Å². The standard InChI is InChI=1S/C14H18ClF2NO/c1-8(2)13(4-5-15)18-14(19)10-6-9(3)11(16)7-12(10)17/h6-8,13H,4-5H2,1-3H3,(H,18,19). The van der Waals surface area contributed by atoms with Gasteiger partial charge in [-0.15, -0.1) is 11.6 Å². The average molecular weight is 290 g/mol. The molecule has 0 bridgehead atoms. The lowest BCUT2D eigenvalue weighted by Gasteiger charge is -2.21. The summed E-state index contributed by atoms with van der Waals surface area (Å²) < 4.78 is 26.7. The van der Waals surface area contributed by atoms with Crippen LogP contribution >= 0.6 is 11.6 Å². The molecule has 0 fully saturated rings. The molecular formula is C14H18ClF2NO. The summed E-state index contributed by atoms with van der Waals surface area (Å²) in [5.41, 5.74) is 0.101. The van der Waals surface area contributed by atoms with Crippen molar-refractivity contribution in [3.63, 3.8) is 0 Å². The summed E-state index contributed by atoms with van der Waals surface area (Å²) in [6.45, 7) is 5.39. The molecule has 1 unspecified atom stereocenters. The van der Waals surface area contributed by atoms with E-state index in [2.05, 4.69) is 5.32 Å². The predicted octanol–water partition coefficient (Wildman–Crippen LogP) is 3.66. The monoisotopic (exact) mass is 289 g/mol. The van der Waals surface area contributed by atoms with Crippen molar-refractivity contribution in [2.75, 3.05) is 5.88 Å². The van der Waals surface area contributed by atoms with E-state index in [1.807, 2.05) is 13.8 Å². The Kier molecular flexibility index (Phi) is 5.73. The number of amides is 1. The Hall–Kier alpha value is -1.16. The van der Waals surface area contributed by atoms with E-state index >= 15 is 0 Å². The molecule has 0 radical (unpaired) electrons. The second-order valence-corrected chi connectivity index (χ2v) is 5.26. The molecule has 1 atom stereocenters. The summed E-state index contributed by atoms with van der Waals surface area (Å²) in [5.74, 6) is -1.45. The van der Waals surface area contributed by atoms with E-state index in [1.165, 1.54) is 13.0 Å². The molecule has 1 aromatic carbocycles. The maximum atomic E-state index is 13.6. The van der Waals surface area contributed by atoms with Crippen LogP contribution < -0.4 is 5.32 Å². The number of aryl methyl sites for hydroxylation is 1. The molecular weight excluding hydrogens is 272 g/mol. The van der Waals surface area contributed by atoms with Crippen molar-refractivity contribution in [3.05, 3.63) is 34.9 Å². The largest absolute Gasteiger partial charge is 0.349 e. The number of alkyl halides is 1. The smallest absolute Gasteiger partial charge is 0.254 e. The zero-order valence-electron chi connectivity index (χ0n) is 11.3. The molecule has 1 aromatic rings. The van der Waals surface area contributed by atoms with Crippen LogP contribution in [0.25, 0.3) is 0 Å². The van der Waals surface area contributed by atoms with Crippen molar-refractivity contribution in [1.29, 1.82) is 0 Å². The minimum atomic E-state index is -0.853. The zero-order valence-corrected chi connectivity index (χ0v) is 12.0. The molecule has 0 saturated heterocycles. The first-order valence-electron chi connectivity index (χ1n) is 6.19. The molecule has 0 heterocycles. The number of rotatable bonds is 5. The highest BCUT2D eigenvalue weighted by atomic mass is 35.5. The van der Waals surface area contributed by atoms with Crippen LogP contribution in [0.5, 0.6) is 0 Å². The number of carbonyl (C=O) groups is 1. The van der Waals surface area contributed by atoms with Crippen LogP contribution in [-0.2, 0) is 0 Å². The van der Waals surface area contributed by atoms with Gasteiger partial charge in [-0.25, -0.2) is 8.78 Å². The molecule has 1 amide bonds. The van der Waals surface area contributed by atoms with Gasteiger partial charge in [-0.1, -0.05) is 13.8 Å². The van der Waals surface area contributed by atoms with E-state index in [9.17, 15) is 13.6 Å². The highest BCUT2D eigenvalue weighted by Crippen LogP contribution is 2.15. The Morgan fingerprint density at radius 2 is 1.95 bits per heavy atom. The Bertz CT molecular complexity index is 463. The second kappa shape index (κ2) is 6.85. The van der Waals surface area contributed by atoms with Gasteiger partial charge in [-0.2, -0.15) is 0 Å². The van der Waals surface area contributed by atoms with Crippen molar-refractivity contribution in [3.8, 4) is 0 Å². The van der Waals surface area contributed by atoms with Crippen LogP contribution in [0.3, 0.4) is 0 Å². The lowest BCUT2D eigenvalue weighted by molar-refractivity contribution is 0.0920. The fourth-order valence-electron chi connectivity index (χ4n) is 1.77. The number of hydrogen-bond acceptors (Lipinski definition) is 1. The minimum Gasteiger partial charge on any atom is -0.349 e. The van der Waals surface area contributed by atoms with Gasteiger partial charge in [0, 0.05) is 18.0 Å². The third kappa shape index (κ3) is 4.16. The van der Waals surface area contributed by atoms with Crippen LogP contribution in [-0.4, -0.2) is 17.8 Å². The molecule has 1 rings (SSSR count).